The van der Waals surface area contributed by atoms with Gasteiger partial charge in [-0.15, -0.1) is 0 Å². The van der Waals surface area contributed by atoms with Gasteiger partial charge in [0.15, 0.2) is 5.78 Å². The molecule has 1 saturated heterocycles. The van der Waals surface area contributed by atoms with Crippen LogP contribution in [0.2, 0.25) is 0 Å². The first-order valence-electron chi connectivity index (χ1n) is 6.93. The minimum absolute atomic E-state index is 0.0431. The summed E-state index contributed by atoms with van der Waals surface area (Å²) < 4.78 is 38.7. The van der Waals surface area contributed by atoms with Gasteiger partial charge in [0.25, 0.3) is 5.78 Å². The van der Waals surface area contributed by atoms with Crippen LogP contribution in [0.5, 0.6) is 0 Å². The molecule has 0 radical (unpaired) electrons. The number of hydrogen-bond acceptors (Lipinski definition) is 5. The van der Waals surface area contributed by atoms with E-state index in [1.807, 2.05) is 0 Å². The average Bonchev–Trinajstić information content (AvgIpc) is 2.45. The van der Waals surface area contributed by atoms with Crippen LogP contribution in [-0.2, 0) is 0 Å². The number of carbonyl (C=O) groups excluding carboxylic acids is 2. The van der Waals surface area contributed by atoms with Crippen LogP contribution >= 0.6 is 0 Å². The average molecular weight is 315 g/mol. The first-order valence-corrected chi connectivity index (χ1v) is 6.93. The van der Waals surface area contributed by atoms with Gasteiger partial charge in [0.1, 0.15) is 11.5 Å². The van der Waals surface area contributed by atoms with E-state index < -0.39 is 29.0 Å². The Labute approximate surface area is 125 Å². The van der Waals surface area contributed by atoms with Crippen LogP contribution in [0, 0.1) is 6.92 Å². The largest absolute Gasteiger partial charge is 0.455 e. The Kier molecular flexibility index (Phi) is 4.60. The molecule has 1 aromatic heterocycles. The Balaban J connectivity index is 2.64. The van der Waals surface area contributed by atoms with Crippen molar-refractivity contribution in [3.05, 3.63) is 22.8 Å². The molecular weight excluding hydrogens is 299 g/mol. The molecule has 1 aromatic rings. The summed E-state index contributed by atoms with van der Waals surface area (Å²) in [7, 11) is 0. The van der Waals surface area contributed by atoms with E-state index in [2.05, 4.69) is 15.3 Å². The third kappa shape index (κ3) is 3.32. The van der Waals surface area contributed by atoms with Gasteiger partial charge in [-0.05, 0) is 32.9 Å². The molecule has 120 valence electrons. The number of rotatable bonds is 3. The Morgan fingerprint density at radius 1 is 1.18 bits per heavy atom. The van der Waals surface area contributed by atoms with Crippen molar-refractivity contribution in [3.63, 3.8) is 0 Å². The fourth-order valence-electron chi connectivity index (χ4n) is 2.61. The number of nitrogens with one attached hydrogen (secondary N) is 1. The lowest BCUT2D eigenvalue weighted by molar-refractivity contribution is -0.0886. The summed E-state index contributed by atoms with van der Waals surface area (Å²) in [6, 6.07) is 0. The SMILES string of the molecule is CC(=O)c1nc(C)nc(C2CCNCC2)c1C(=O)C(F)(F)F. The van der Waals surface area contributed by atoms with Crippen LogP contribution in [0.1, 0.15) is 58.0 Å². The van der Waals surface area contributed by atoms with Crippen molar-refractivity contribution in [1.29, 1.82) is 0 Å². The van der Waals surface area contributed by atoms with Gasteiger partial charge in [-0.1, -0.05) is 0 Å². The number of carbonyl (C=O) groups is 2. The molecule has 2 rings (SSSR count). The first kappa shape index (κ1) is 16.5. The lowest BCUT2D eigenvalue weighted by atomic mass is 9.88. The molecule has 0 aromatic carbocycles. The second-order valence-electron chi connectivity index (χ2n) is 5.29. The number of Topliss-reactive ketones (excluding diaryl/α,β-unsaturated/α-hetero) is 2. The number of halogens is 3. The fraction of sp³-hybridized carbons (Fsp3) is 0.571. The number of aromatic nitrogens is 2. The second kappa shape index (κ2) is 6.12. The number of alkyl halides is 3. The van der Waals surface area contributed by atoms with E-state index in [1.54, 1.807) is 0 Å². The van der Waals surface area contributed by atoms with Crippen LogP contribution in [0.25, 0.3) is 0 Å². The molecule has 0 amide bonds. The summed E-state index contributed by atoms with van der Waals surface area (Å²) >= 11 is 0. The van der Waals surface area contributed by atoms with Crippen LogP contribution < -0.4 is 5.32 Å². The maximum absolute atomic E-state index is 12.9. The fourth-order valence-corrected chi connectivity index (χ4v) is 2.61. The minimum atomic E-state index is -5.06. The van der Waals surface area contributed by atoms with Gasteiger partial charge in [-0.2, -0.15) is 13.2 Å². The maximum Gasteiger partial charge on any atom is 0.455 e. The van der Waals surface area contributed by atoms with Gasteiger partial charge in [-0.25, -0.2) is 9.97 Å². The zero-order chi connectivity index (χ0) is 16.5. The lowest BCUT2D eigenvalue weighted by Gasteiger charge is -2.25. The lowest BCUT2D eigenvalue weighted by Crippen LogP contribution is -2.32. The van der Waals surface area contributed by atoms with E-state index >= 15 is 0 Å². The van der Waals surface area contributed by atoms with E-state index in [-0.39, 0.29) is 17.4 Å². The summed E-state index contributed by atoms with van der Waals surface area (Å²) in [5, 5.41) is 3.10. The molecule has 2 heterocycles. The number of piperidine rings is 1. The standard InChI is InChI=1S/C14H16F3N3O2/c1-7(21)11-10(13(22)14(15,16)17)12(20-8(2)19-11)9-3-5-18-6-4-9/h9,18H,3-6H2,1-2H3. The Morgan fingerprint density at radius 2 is 1.77 bits per heavy atom. The van der Waals surface area contributed by atoms with Crippen molar-refractivity contribution in [1.82, 2.24) is 15.3 Å². The highest BCUT2D eigenvalue weighted by Crippen LogP contribution is 2.32. The summed E-state index contributed by atoms with van der Waals surface area (Å²) in [6.07, 6.45) is -3.94. The van der Waals surface area contributed by atoms with Crippen LogP contribution in [0.4, 0.5) is 13.2 Å². The molecule has 0 unspecified atom stereocenters. The van der Waals surface area contributed by atoms with E-state index in [0.717, 1.165) is 6.92 Å². The molecule has 1 aliphatic rings. The normalized spacial score (nSPS) is 16.6. The Morgan fingerprint density at radius 3 is 2.27 bits per heavy atom. The molecule has 1 aliphatic heterocycles. The van der Waals surface area contributed by atoms with Crippen LogP contribution in [-0.4, -0.2) is 40.8 Å². The van der Waals surface area contributed by atoms with Crippen molar-refractivity contribution in [2.45, 2.75) is 38.8 Å². The minimum Gasteiger partial charge on any atom is -0.317 e. The topological polar surface area (TPSA) is 72.0 Å². The van der Waals surface area contributed by atoms with Gasteiger partial charge in [-0.3, -0.25) is 9.59 Å². The van der Waals surface area contributed by atoms with E-state index in [1.165, 1.54) is 6.92 Å². The summed E-state index contributed by atoms with van der Waals surface area (Å²) in [5.74, 6) is -2.82. The monoisotopic (exact) mass is 315 g/mol. The highest BCUT2D eigenvalue weighted by atomic mass is 19.4. The molecular formula is C14H16F3N3O2. The van der Waals surface area contributed by atoms with Crippen molar-refractivity contribution in [2.75, 3.05) is 13.1 Å². The predicted octanol–water partition coefficient (Wildman–Crippen LogP) is 2.20. The van der Waals surface area contributed by atoms with Gasteiger partial charge in [0.05, 0.1) is 11.3 Å². The third-order valence-electron chi connectivity index (χ3n) is 3.59. The Hall–Kier alpha value is -1.83. The molecule has 0 bridgehead atoms. The molecule has 8 heteroatoms. The molecule has 0 atom stereocenters. The van der Waals surface area contributed by atoms with Crippen LogP contribution in [0.15, 0.2) is 0 Å². The molecule has 0 spiro atoms. The molecule has 0 saturated carbocycles. The highest BCUT2D eigenvalue weighted by Gasteiger charge is 2.44. The van der Waals surface area contributed by atoms with Crippen molar-refractivity contribution < 1.29 is 22.8 Å². The maximum atomic E-state index is 12.9. The summed E-state index contributed by atoms with van der Waals surface area (Å²) in [5.41, 5.74) is -1.08. The van der Waals surface area contributed by atoms with Gasteiger partial charge in [0.2, 0.25) is 0 Å². The van der Waals surface area contributed by atoms with E-state index in [9.17, 15) is 22.8 Å². The zero-order valence-electron chi connectivity index (χ0n) is 12.3. The van der Waals surface area contributed by atoms with Crippen molar-refractivity contribution >= 4 is 11.6 Å². The van der Waals surface area contributed by atoms with Gasteiger partial charge in [0, 0.05) is 12.8 Å². The third-order valence-corrected chi connectivity index (χ3v) is 3.59. The number of aryl methyl sites for hydroxylation is 1. The molecule has 1 N–H and O–H groups in total. The van der Waals surface area contributed by atoms with Gasteiger partial charge < -0.3 is 5.32 Å². The smallest absolute Gasteiger partial charge is 0.317 e. The summed E-state index contributed by atoms with van der Waals surface area (Å²) in [6.45, 7) is 3.85. The molecule has 22 heavy (non-hydrogen) atoms. The molecule has 0 aliphatic carbocycles. The summed E-state index contributed by atoms with van der Waals surface area (Å²) in [4.78, 5) is 31.3. The number of hydrogen-bond donors (Lipinski definition) is 1. The quantitative estimate of drug-likeness (QED) is 0.866. The van der Waals surface area contributed by atoms with Gasteiger partial charge >= 0.3 is 6.18 Å². The van der Waals surface area contributed by atoms with Crippen molar-refractivity contribution in [2.24, 2.45) is 0 Å². The zero-order valence-corrected chi connectivity index (χ0v) is 12.3. The molecule has 1 fully saturated rings. The van der Waals surface area contributed by atoms with E-state index in [4.69, 9.17) is 0 Å². The molecule has 5 nitrogen and oxygen atoms in total. The predicted molar refractivity (Wildman–Crippen MR) is 72.0 cm³/mol. The number of nitrogens with zero attached hydrogens (tertiary/aromatic N) is 2. The first-order chi connectivity index (χ1) is 10.2. The van der Waals surface area contributed by atoms with E-state index in [0.29, 0.717) is 25.9 Å². The second-order valence-corrected chi connectivity index (χ2v) is 5.29. The highest BCUT2D eigenvalue weighted by molar-refractivity contribution is 6.09. The number of ketones is 2. The van der Waals surface area contributed by atoms with Crippen molar-refractivity contribution in [3.8, 4) is 0 Å². The Bertz CT molecular complexity index is 608. The van der Waals surface area contributed by atoms with Crippen LogP contribution in [0.3, 0.4) is 0 Å².